The molecule has 1 aromatic heterocycles. The molecule has 32 heavy (non-hydrogen) atoms. The van der Waals surface area contributed by atoms with E-state index >= 15 is 0 Å². The van der Waals surface area contributed by atoms with Crippen molar-refractivity contribution in [3.63, 3.8) is 0 Å². The zero-order chi connectivity index (χ0) is 23.0. The van der Waals surface area contributed by atoms with E-state index in [9.17, 15) is 9.59 Å². The molecule has 0 aliphatic rings. The van der Waals surface area contributed by atoms with Crippen molar-refractivity contribution in [2.45, 2.75) is 52.0 Å². The van der Waals surface area contributed by atoms with Gasteiger partial charge in [0.15, 0.2) is 0 Å². The van der Waals surface area contributed by atoms with Crippen molar-refractivity contribution >= 4 is 12.1 Å². The summed E-state index contributed by atoms with van der Waals surface area (Å²) >= 11 is 0. The summed E-state index contributed by atoms with van der Waals surface area (Å²) in [5.41, 5.74) is 1.79. The summed E-state index contributed by atoms with van der Waals surface area (Å²) in [6, 6.07) is 18.2. The van der Waals surface area contributed by atoms with Gasteiger partial charge in [0.25, 0.3) is 0 Å². The number of hydrogen-bond donors (Lipinski definition) is 1. The van der Waals surface area contributed by atoms with E-state index < -0.39 is 23.7 Å². The van der Waals surface area contributed by atoms with Crippen LogP contribution in [0.5, 0.6) is 0 Å². The molecule has 1 amide bonds. The van der Waals surface area contributed by atoms with Gasteiger partial charge in [0.1, 0.15) is 18.2 Å². The molecule has 1 heterocycles. The highest BCUT2D eigenvalue weighted by molar-refractivity contribution is 5.81. The molecule has 0 fully saturated rings. The largest absolute Gasteiger partial charge is 0.459 e. The molecule has 3 aromatic rings. The number of nitrogens with zero attached hydrogens (tertiary/aromatic N) is 3. The molecule has 0 aliphatic carbocycles. The molecule has 0 saturated heterocycles. The average Bonchev–Trinajstić information content (AvgIpc) is 3.18. The minimum absolute atomic E-state index is 0.104. The maximum absolute atomic E-state index is 12.8. The number of ether oxygens (including phenoxy) is 2. The Balaban J connectivity index is 1.67. The van der Waals surface area contributed by atoms with Crippen LogP contribution in [0.4, 0.5) is 4.79 Å². The lowest BCUT2D eigenvalue weighted by atomic mass is 10.1. The third-order valence-electron chi connectivity index (χ3n) is 4.39. The van der Waals surface area contributed by atoms with Crippen molar-refractivity contribution in [1.29, 1.82) is 0 Å². The van der Waals surface area contributed by atoms with Crippen LogP contribution in [0.1, 0.15) is 37.6 Å². The smallest absolute Gasteiger partial charge is 0.408 e. The molecular formula is C24H28N4O4. The van der Waals surface area contributed by atoms with E-state index in [1.165, 1.54) is 0 Å². The zero-order valence-corrected chi connectivity index (χ0v) is 18.5. The van der Waals surface area contributed by atoms with Gasteiger partial charge in [0.05, 0.1) is 12.2 Å². The molecule has 0 saturated carbocycles. The minimum Gasteiger partial charge on any atom is -0.459 e. The lowest BCUT2D eigenvalue weighted by Gasteiger charge is -2.22. The van der Waals surface area contributed by atoms with E-state index in [2.05, 4.69) is 15.6 Å². The normalized spacial score (nSPS) is 12.1. The van der Waals surface area contributed by atoms with Gasteiger partial charge in [-0.3, -0.25) is 0 Å². The van der Waals surface area contributed by atoms with Gasteiger partial charge < -0.3 is 14.8 Å². The van der Waals surface area contributed by atoms with Crippen LogP contribution < -0.4 is 5.32 Å². The molecule has 0 bridgehead atoms. The van der Waals surface area contributed by atoms with Gasteiger partial charge >= 0.3 is 12.1 Å². The van der Waals surface area contributed by atoms with Gasteiger partial charge in [-0.2, -0.15) is 0 Å². The first-order valence-electron chi connectivity index (χ1n) is 10.4. The van der Waals surface area contributed by atoms with Crippen molar-refractivity contribution < 1.29 is 19.1 Å². The number of nitrogens with one attached hydrogen (secondary N) is 1. The fourth-order valence-electron chi connectivity index (χ4n) is 2.96. The van der Waals surface area contributed by atoms with E-state index in [0.29, 0.717) is 12.2 Å². The quantitative estimate of drug-likeness (QED) is 0.543. The number of carbonyl (C=O) groups is 2. The fourth-order valence-corrected chi connectivity index (χ4v) is 2.96. The number of carbonyl (C=O) groups excluding carboxylic acids is 2. The second-order valence-electron chi connectivity index (χ2n) is 8.39. The van der Waals surface area contributed by atoms with Gasteiger partial charge in [-0.05, 0) is 31.9 Å². The summed E-state index contributed by atoms with van der Waals surface area (Å²) in [5.74, 6) is -0.572. The summed E-state index contributed by atoms with van der Waals surface area (Å²) in [4.78, 5) is 25.1. The Hall–Kier alpha value is -3.68. The van der Waals surface area contributed by atoms with E-state index in [-0.39, 0.29) is 13.0 Å². The molecule has 8 heteroatoms. The SMILES string of the molecule is CC(C)(C)OC(=O)NC(Cc1cn(Cc2ccccc2)nn1)C(=O)OCc1ccccc1. The molecule has 1 N–H and O–H groups in total. The van der Waals surface area contributed by atoms with Crippen molar-refractivity contribution in [2.75, 3.05) is 0 Å². The molecule has 2 aromatic carbocycles. The number of esters is 1. The molecular weight excluding hydrogens is 408 g/mol. The number of hydrogen-bond acceptors (Lipinski definition) is 6. The van der Waals surface area contributed by atoms with Crippen LogP contribution in [0, 0.1) is 0 Å². The summed E-state index contributed by atoms with van der Waals surface area (Å²) in [6.45, 7) is 5.92. The van der Waals surface area contributed by atoms with Crippen LogP contribution in [0.2, 0.25) is 0 Å². The van der Waals surface area contributed by atoms with E-state index in [4.69, 9.17) is 9.47 Å². The van der Waals surface area contributed by atoms with Crippen LogP contribution in [-0.2, 0) is 33.8 Å². The van der Waals surface area contributed by atoms with Crippen LogP contribution in [-0.4, -0.2) is 38.7 Å². The highest BCUT2D eigenvalue weighted by Crippen LogP contribution is 2.10. The van der Waals surface area contributed by atoms with Crippen molar-refractivity contribution in [3.8, 4) is 0 Å². The van der Waals surface area contributed by atoms with E-state index in [0.717, 1.165) is 11.1 Å². The third-order valence-corrected chi connectivity index (χ3v) is 4.39. The summed E-state index contributed by atoms with van der Waals surface area (Å²) in [5, 5.41) is 10.9. The van der Waals surface area contributed by atoms with Gasteiger partial charge in [0.2, 0.25) is 0 Å². The monoisotopic (exact) mass is 436 g/mol. The first-order chi connectivity index (χ1) is 15.3. The van der Waals surface area contributed by atoms with Crippen LogP contribution >= 0.6 is 0 Å². The van der Waals surface area contributed by atoms with Gasteiger partial charge in [-0.15, -0.1) is 5.10 Å². The molecule has 0 aliphatic heterocycles. The van der Waals surface area contributed by atoms with Crippen molar-refractivity contribution in [2.24, 2.45) is 0 Å². The number of amides is 1. The van der Waals surface area contributed by atoms with Crippen LogP contribution in [0.3, 0.4) is 0 Å². The number of aromatic nitrogens is 3. The van der Waals surface area contributed by atoms with Gasteiger partial charge in [-0.1, -0.05) is 65.9 Å². The molecule has 1 unspecified atom stereocenters. The first kappa shape index (κ1) is 23.0. The molecule has 0 spiro atoms. The Morgan fingerprint density at radius 2 is 1.62 bits per heavy atom. The summed E-state index contributed by atoms with van der Waals surface area (Å²) < 4.78 is 12.4. The summed E-state index contributed by atoms with van der Waals surface area (Å²) in [6.07, 6.45) is 1.18. The number of benzene rings is 2. The molecule has 168 valence electrons. The maximum Gasteiger partial charge on any atom is 0.408 e. The standard InChI is InChI=1S/C24H28N4O4/c1-24(2,3)32-23(30)25-21(22(29)31-17-19-12-8-5-9-13-19)14-20-16-28(27-26-20)15-18-10-6-4-7-11-18/h4-13,16,21H,14-15,17H2,1-3H3,(H,25,30). The highest BCUT2D eigenvalue weighted by Gasteiger charge is 2.27. The van der Waals surface area contributed by atoms with Crippen LogP contribution in [0.25, 0.3) is 0 Å². The Labute approximate surface area is 187 Å². The lowest BCUT2D eigenvalue weighted by Crippen LogP contribution is -2.45. The Morgan fingerprint density at radius 3 is 2.25 bits per heavy atom. The topological polar surface area (TPSA) is 95.3 Å². The predicted molar refractivity (Wildman–Crippen MR) is 119 cm³/mol. The van der Waals surface area contributed by atoms with E-state index in [1.54, 1.807) is 31.6 Å². The van der Waals surface area contributed by atoms with Gasteiger partial charge in [0, 0.05) is 12.6 Å². The molecule has 0 radical (unpaired) electrons. The summed E-state index contributed by atoms with van der Waals surface area (Å²) in [7, 11) is 0. The lowest BCUT2D eigenvalue weighted by molar-refractivity contribution is -0.147. The molecule has 3 rings (SSSR count). The fraction of sp³-hybridized carbons (Fsp3) is 0.333. The minimum atomic E-state index is -0.963. The Bertz CT molecular complexity index is 1010. The Morgan fingerprint density at radius 1 is 1.00 bits per heavy atom. The molecule has 8 nitrogen and oxygen atoms in total. The second-order valence-corrected chi connectivity index (χ2v) is 8.39. The Kier molecular flexibility index (Phi) is 7.59. The van der Waals surface area contributed by atoms with Crippen LogP contribution in [0.15, 0.2) is 66.9 Å². The molecule has 1 atom stereocenters. The first-order valence-corrected chi connectivity index (χ1v) is 10.4. The maximum atomic E-state index is 12.8. The van der Waals surface area contributed by atoms with Crippen molar-refractivity contribution in [3.05, 3.63) is 83.7 Å². The average molecular weight is 437 g/mol. The van der Waals surface area contributed by atoms with Crippen molar-refractivity contribution in [1.82, 2.24) is 20.3 Å². The van der Waals surface area contributed by atoms with E-state index in [1.807, 2.05) is 60.7 Å². The second kappa shape index (κ2) is 10.6. The number of rotatable bonds is 8. The predicted octanol–water partition coefficient (Wildman–Crippen LogP) is 3.51. The van der Waals surface area contributed by atoms with Gasteiger partial charge in [-0.25, -0.2) is 14.3 Å². The third kappa shape index (κ3) is 7.54. The highest BCUT2D eigenvalue weighted by atomic mass is 16.6. The zero-order valence-electron chi connectivity index (χ0n) is 18.5. The number of alkyl carbamates (subject to hydrolysis) is 1.